The van der Waals surface area contributed by atoms with Crippen LogP contribution in [0.25, 0.3) is 5.69 Å². The largest absolute Gasteiger partial charge is 0.492 e. The van der Waals surface area contributed by atoms with E-state index in [0.29, 0.717) is 9.04 Å². The molecule has 0 saturated heterocycles. The molecule has 5 nitrogen and oxygen atoms in total. The first-order chi connectivity index (χ1) is 8.41. The quantitative estimate of drug-likeness (QED) is 0.836. The summed E-state index contributed by atoms with van der Waals surface area (Å²) in [4.78, 5) is 24.3. The zero-order valence-electron chi connectivity index (χ0n) is 9.20. The topological polar surface area (TPSA) is 75.1 Å². The van der Waals surface area contributed by atoms with Gasteiger partial charge in [-0.15, -0.1) is 0 Å². The van der Waals surface area contributed by atoms with Crippen LogP contribution in [0.15, 0.2) is 32.3 Å². The molecule has 0 saturated carbocycles. The normalized spacial score (nSPS) is 10.6. The Balaban J connectivity index is 2.79. The molecule has 0 aliphatic carbocycles. The predicted octanol–water partition coefficient (Wildman–Crippen LogP) is 1.44. The second kappa shape index (κ2) is 4.41. The number of hydrogen-bond acceptors (Lipinski definition) is 3. The zero-order valence-corrected chi connectivity index (χ0v) is 10.8. The van der Waals surface area contributed by atoms with Gasteiger partial charge in [-0.3, -0.25) is 9.78 Å². The third kappa shape index (κ3) is 1.97. The molecular weight excluding hydrogens is 307 g/mol. The van der Waals surface area contributed by atoms with Crippen molar-refractivity contribution < 1.29 is 9.50 Å². The molecular formula is C11H8BrFN2O3. The van der Waals surface area contributed by atoms with Crippen molar-refractivity contribution in [2.24, 2.45) is 0 Å². The molecule has 7 heteroatoms. The van der Waals surface area contributed by atoms with Gasteiger partial charge in [-0.2, -0.15) is 4.39 Å². The fourth-order valence-corrected chi connectivity index (χ4v) is 1.83. The molecule has 1 aromatic carbocycles. The van der Waals surface area contributed by atoms with Crippen LogP contribution in [0.2, 0.25) is 0 Å². The molecule has 0 bridgehead atoms. The lowest BCUT2D eigenvalue weighted by molar-refractivity contribution is 0.386. The van der Waals surface area contributed by atoms with E-state index in [-0.39, 0.29) is 5.69 Å². The number of aromatic nitrogens is 2. The van der Waals surface area contributed by atoms with Crippen LogP contribution in [-0.4, -0.2) is 14.7 Å². The minimum absolute atomic E-state index is 0.241. The number of nitrogens with zero attached hydrogens (tertiary/aromatic N) is 1. The van der Waals surface area contributed by atoms with Crippen LogP contribution in [0, 0.1) is 12.7 Å². The molecule has 2 aromatic rings. The van der Waals surface area contributed by atoms with E-state index in [4.69, 9.17) is 0 Å². The highest BCUT2D eigenvalue weighted by Crippen LogP contribution is 2.21. The standard InChI is InChI=1S/C11H8BrFN2O3/c1-5-2-3-6(4-7(5)12)15-10(17)8(13)9(16)14-11(15)18/h2-4,17H,1H3,(H,14,16,18). The van der Waals surface area contributed by atoms with Crippen molar-refractivity contribution in [2.75, 3.05) is 0 Å². The van der Waals surface area contributed by atoms with E-state index >= 15 is 0 Å². The average Bonchev–Trinajstić information content (AvgIpc) is 2.31. The van der Waals surface area contributed by atoms with Crippen molar-refractivity contribution in [3.8, 4) is 11.6 Å². The van der Waals surface area contributed by atoms with Crippen LogP contribution in [0.5, 0.6) is 5.88 Å². The molecule has 94 valence electrons. The van der Waals surface area contributed by atoms with E-state index in [1.807, 2.05) is 6.92 Å². The smallest absolute Gasteiger partial charge is 0.335 e. The molecule has 0 fully saturated rings. The van der Waals surface area contributed by atoms with E-state index in [9.17, 15) is 19.1 Å². The number of rotatable bonds is 1. The van der Waals surface area contributed by atoms with Gasteiger partial charge < -0.3 is 5.11 Å². The molecule has 1 heterocycles. The number of benzene rings is 1. The second-order valence-corrected chi connectivity index (χ2v) is 4.52. The number of aromatic amines is 1. The highest BCUT2D eigenvalue weighted by Gasteiger charge is 2.15. The lowest BCUT2D eigenvalue weighted by Crippen LogP contribution is -2.30. The Labute approximate surface area is 109 Å². The number of H-pyrrole nitrogens is 1. The fraction of sp³-hybridized carbons (Fsp3) is 0.0909. The van der Waals surface area contributed by atoms with E-state index in [1.165, 1.54) is 12.1 Å². The van der Waals surface area contributed by atoms with Gasteiger partial charge in [-0.05, 0) is 24.6 Å². The zero-order chi connectivity index (χ0) is 13.4. The minimum atomic E-state index is -1.40. The van der Waals surface area contributed by atoms with Crippen LogP contribution < -0.4 is 11.2 Å². The third-order valence-corrected chi connectivity index (χ3v) is 3.30. The van der Waals surface area contributed by atoms with Crippen molar-refractivity contribution in [1.29, 1.82) is 0 Å². The summed E-state index contributed by atoms with van der Waals surface area (Å²) in [7, 11) is 0. The van der Waals surface area contributed by atoms with Gasteiger partial charge in [0, 0.05) is 4.47 Å². The summed E-state index contributed by atoms with van der Waals surface area (Å²) in [6, 6.07) is 4.75. The summed E-state index contributed by atoms with van der Waals surface area (Å²) >= 11 is 3.26. The van der Waals surface area contributed by atoms with Gasteiger partial charge in [0.1, 0.15) is 0 Å². The number of aryl methyl sites for hydroxylation is 1. The highest BCUT2D eigenvalue weighted by molar-refractivity contribution is 9.10. The van der Waals surface area contributed by atoms with Gasteiger partial charge in [-0.25, -0.2) is 9.36 Å². The first-order valence-electron chi connectivity index (χ1n) is 4.92. The average molecular weight is 315 g/mol. The number of nitrogens with one attached hydrogen (secondary N) is 1. The summed E-state index contributed by atoms with van der Waals surface area (Å²) in [6.45, 7) is 1.84. The fourth-order valence-electron chi connectivity index (χ4n) is 1.46. The molecule has 0 aliphatic heterocycles. The maximum Gasteiger partial charge on any atom is 0.335 e. The number of hydrogen-bond donors (Lipinski definition) is 2. The van der Waals surface area contributed by atoms with Gasteiger partial charge >= 0.3 is 5.69 Å². The maximum atomic E-state index is 13.3. The van der Waals surface area contributed by atoms with Crippen molar-refractivity contribution in [3.05, 3.63) is 54.9 Å². The van der Waals surface area contributed by atoms with Crippen LogP contribution in [-0.2, 0) is 0 Å². The molecule has 2 rings (SSSR count). The molecule has 0 unspecified atom stereocenters. The number of halogens is 2. The molecule has 0 spiro atoms. The van der Waals surface area contributed by atoms with Crippen LogP contribution in [0.4, 0.5) is 4.39 Å². The summed E-state index contributed by atoms with van der Waals surface area (Å²) < 4.78 is 14.6. The maximum absolute atomic E-state index is 13.3. The first-order valence-corrected chi connectivity index (χ1v) is 5.71. The Kier molecular flexibility index (Phi) is 3.08. The van der Waals surface area contributed by atoms with Crippen molar-refractivity contribution in [2.45, 2.75) is 6.92 Å². The molecule has 18 heavy (non-hydrogen) atoms. The Morgan fingerprint density at radius 2 is 2.06 bits per heavy atom. The summed E-state index contributed by atoms with van der Waals surface area (Å²) in [5.74, 6) is -2.41. The third-order valence-electron chi connectivity index (χ3n) is 2.44. The lowest BCUT2D eigenvalue weighted by Gasteiger charge is -2.09. The summed E-state index contributed by atoms with van der Waals surface area (Å²) in [5, 5.41) is 9.53. The van der Waals surface area contributed by atoms with Crippen molar-refractivity contribution >= 4 is 15.9 Å². The Morgan fingerprint density at radius 3 is 2.67 bits per heavy atom. The predicted molar refractivity (Wildman–Crippen MR) is 66.7 cm³/mol. The van der Waals surface area contributed by atoms with E-state index < -0.39 is 22.9 Å². The SMILES string of the molecule is Cc1ccc(-n2c(O)c(F)c(=O)[nH]c2=O)cc1Br. The molecule has 1 aromatic heterocycles. The van der Waals surface area contributed by atoms with Gasteiger partial charge in [0.15, 0.2) is 0 Å². The van der Waals surface area contributed by atoms with Gasteiger partial charge in [-0.1, -0.05) is 22.0 Å². The Morgan fingerprint density at radius 1 is 1.39 bits per heavy atom. The second-order valence-electron chi connectivity index (χ2n) is 3.67. The van der Waals surface area contributed by atoms with Gasteiger partial charge in [0.05, 0.1) is 5.69 Å². The Bertz CT molecular complexity index is 736. The molecule has 2 N–H and O–H groups in total. The van der Waals surface area contributed by atoms with E-state index in [0.717, 1.165) is 5.56 Å². The molecule has 0 atom stereocenters. The van der Waals surface area contributed by atoms with E-state index in [1.54, 1.807) is 11.1 Å². The Hall–Kier alpha value is -1.89. The van der Waals surface area contributed by atoms with Crippen LogP contribution >= 0.6 is 15.9 Å². The molecule has 0 radical (unpaired) electrons. The summed E-state index contributed by atoms with van der Waals surface area (Å²) in [6.07, 6.45) is 0. The monoisotopic (exact) mass is 314 g/mol. The van der Waals surface area contributed by atoms with Gasteiger partial charge in [0.2, 0.25) is 11.7 Å². The van der Waals surface area contributed by atoms with Crippen molar-refractivity contribution in [3.63, 3.8) is 0 Å². The lowest BCUT2D eigenvalue weighted by atomic mass is 10.2. The van der Waals surface area contributed by atoms with Crippen LogP contribution in [0.3, 0.4) is 0 Å². The van der Waals surface area contributed by atoms with Gasteiger partial charge in [0.25, 0.3) is 5.56 Å². The minimum Gasteiger partial charge on any atom is -0.492 e. The van der Waals surface area contributed by atoms with Crippen molar-refractivity contribution in [1.82, 2.24) is 9.55 Å². The van der Waals surface area contributed by atoms with Crippen LogP contribution in [0.1, 0.15) is 5.56 Å². The highest BCUT2D eigenvalue weighted by atomic mass is 79.9. The molecule has 0 aliphatic rings. The van der Waals surface area contributed by atoms with E-state index in [2.05, 4.69) is 15.9 Å². The first kappa shape index (κ1) is 12.6. The summed E-state index contributed by atoms with van der Waals surface area (Å²) in [5.41, 5.74) is -1.00. The number of aromatic hydroxyl groups is 1. The molecule has 0 amide bonds.